The van der Waals surface area contributed by atoms with E-state index in [1.54, 1.807) is 6.21 Å². The second-order valence-electron chi connectivity index (χ2n) is 6.88. The summed E-state index contributed by atoms with van der Waals surface area (Å²) in [6, 6.07) is 10.1. The average molecular weight is 440 g/mol. The van der Waals surface area contributed by atoms with Crippen molar-refractivity contribution in [3.05, 3.63) is 64.7 Å². The van der Waals surface area contributed by atoms with Crippen LogP contribution in [-0.2, 0) is 11.3 Å². The van der Waals surface area contributed by atoms with Crippen LogP contribution in [-0.4, -0.2) is 52.5 Å². The van der Waals surface area contributed by atoms with Gasteiger partial charge in [-0.05, 0) is 12.5 Å². The van der Waals surface area contributed by atoms with Crippen LogP contribution in [0.2, 0.25) is 5.02 Å². The molecule has 0 saturated carbocycles. The smallest absolute Gasteiger partial charge is 0.320 e. The van der Waals surface area contributed by atoms with Gasteiger partial charge in [0.05, 0.1) is 24.5 Å². The first-order valence-corrected chi connectivity index (χ1v) is 10.2. The summed E-state index contributed by atoms with van der Waals surface area (Å²) in [7, 11) is 0. The number of morpholine rings is 1. The molecule has 0 spiro atoms. The molecule has 1 N–H and O–H groups in total. The molecule has 0 atom stereocenters. The summed E-state index contributed by atoms with van der Waals surface area (Å²) >= 11 is 5.83. The van der Waals surface area contributed by atoms with Crippen LogP contribution in [0.3, 0.4) is 0 Å². The van der Waals surface area contributed by atoms with Crippen molar-refractivity contribution < 1.29 is 9.47 Å². The molecule has 0 bridgehead atoms. The summed E-state index contributed by atoms with van der Waals surface area (Å²) in [6.07, 6.45) is 4.78. The fourth-order valence-corrected chi connectivity index (χ4v) is 3.05. The summed E-state index contributed by atoms with van der Waals surface area (Å²) in [4.78, 5) is 19.3. The molecular formula is C21H22ClN7O2. The Morgan fingerprint density at radius 1 is 1.19 bits per heavy atom. The number of aromatic nitrogens is 4. The maximum atomic E-state index is 5.83. The van der Waals surface area contributed by atoms with Gasteiger partial charge in [0.2, 0.25) is 0 Å². The van der Waals surface area contributed by atoms with Crippen LogP contribution in [0.1, 0.15) is 17.0 Å². The van der Waals surface area contributed by atoms with E-state index in [1.165, 1.54) is 18.0 Å². The van der Waals surface area contributed by atoms with Crippen LogP contribution in [0.15, 0.2) is 47.8 Å². The maximum Gasteiger partial charge on any atom is 0.320 e. The van der Waals surface area contributed by atoms with Crippen LogP contribution >= 0.6 is 11.6 Å². The SMILES string of the molecule is Cc1cccc(C=NNc2cc(N3CCOCC3)nc(OCc3ncc(Cl)cn3)n2)c1. The molecule has 31 heavy (non-hydrogen) atoms. The molecule has 3 heterocycles. The van der Waals surface area contributed by atoms with Crippen molar-refractivity contribution in [2.24, 2.45) is 5.10 Å². The Morgan fingerprint density at radius 3 is 2.77 bits per heavy atom. The number of rotatable bonds is 7. The summed E-state index contributed by atoms with van der Waals surface area (Å²) in [5, 5.41) is 4.77. The minimum absolute atomic E-state index is 0.121. The van der Waals surface area contributed by atoms with Gasteiger partial charge in [-0.3, -0.25) is 5.43 Å². The quantitative estimate of drug-likeness (QED) is 0.443. The van der Waals surface area contributed by atoms with Crippen LogP contribution in [0.5, 0.6) is 6.01 Å². The minimum Gasteiger partial charge on any atom is -0.455 e. The molecule has 0 radical (unpaired) electrons. The predicted molar refractivity (Wildman–Crippen MR) is 119 cm³/mol. The normalized spacial score (nSPS) is 14.1. The van der Waals surface area contributed by atoms with E-state index in [9.17, 15) is 0 Å². The van der Waals surface area contributed by atoms with Gasteiger partial charge in [-0.1, -0.05) is 41.4 Å². The maximum absolute atomic E-state index is 5.83. The molecule has 1 aromatic carbocycles. The summed E-state index contributed by atoms with van der Waals surface area (Å²) in [5.74, 6) is 1.74. The zero-order valence-corrected chi connectivity index (χ0v) is 17.8. The van der Waals surface area contributed by atoms with E-state index >= 15 is 0 Å². The number of ether oxygens (including phenoxy) is 2. The topological polar surface area (TPSA) is 97.7 Å². The van der Waals surface area contributed by atoms with E-state index in [0.29, 0.717) is 29.9 Å². The average Bonchev–Trinajstić information content (AvgIpc) is 2.79. The number of halogens is 1. The first-order chi connectivity index (χ1) is 15.2. The lowest BCUT2D eigenvalue weighted by molar-refractivity contribution is 0.122. The highest BCUT2D eigenvalue weighted by Gasteiger charge is 2.16. The number of hydrazone groups is 1. The molecule has 0 aliphatic carbocycles. The second kappa shape index (κ2) is 10.1. The highest BCUT2D eigenvalue weighted by Crippen LogP contribution is 2.21. The zero-order valence-electron chi connectivity index (χ0n) is 17.0. The monoisotopic (exact) mass is 439 g/mol. The van der Waals surface area contributed by atoms with E-state index in [2.05, 4.69) is 35.4 Å². The van der Waals surface area contributed by atoms with Gasteiger partial charge in [0.25, 0.3) is 0 Å². The number of nitrogens with zero attached hydrogens (tertiary/aromatic N) is 6. The van der Waals surface area contributed by atoms with E-state index < -0.39 is 0 Å². The lowest BCUT2D eigenvalue weighted by atomic mass is 10.2. The predicted octanol–water partition coefficient (Wildman–Crippen LogP) is 3.09. The van der Waals surface area contributed by atoms with Crippen molar-refractivity contribution in [3.8, 4) is 6.01 Å². The van der Waals surface area contributed by atoms with Crippen molar-refractivity contribution in [2.45, 2.75) is 13.5 Å². The highest BCUT2D eigenvalue weighted by atomic mass is 35.5. The van der Waals surface area contributed by atoms with Gasteiger partial charge >= 0.3 is 6.01 Å². The van der Waals surface area contributed by atoms with Gasteiger partial charge in [-0.15, -0.1) is 0 Å². The van der Waals surface area contributed by atoms with E-state index in [1.807, 2.05) is 37.3 Å². The van der Waals surface area contributed by atoms with Gasteiger partial charge in [0.15, 0.2) is 18.2 Å². The lowest BCUT2D eigenvalue weighted by Gasteiger charge is -2.28. The first-order valence-electron chi connectivity index (χ1n) is 9.82. The fourth-order valence-electron chi connectivity index (χ4n) is 2.96. The van der Waals surface area contributed by atoms with Crippen molar-refractivity contribution in [1.29, 1.82) is 0 Å². The number of benzene rings is 1. The Labute approximate surface area is 185 Å². The summed E-state index contributed by atoms with van der Waals surface area (Å²) in [5.41, 5.74) is 5.13. The standard InChI is InChI=1S/C21H22ClN7O2/c1-15-3-2-4-16(9-15)11-25-28-18-10-20(29-5-7-30-8-6-29)27-21(26-18)31-14-19-23-12-17(22)13-24-19/h2-4,9-13H,5-8,14H2,1H3,(H,26,27,28). The number of hydrogen-bond donors (Lipinski definition) is 1. The molecule has 1 aliphatic rings. The summed E-state index contributed by atoms with van der Waals surface area (Å²) in [6.45, 7) is 4.93. The van der Waals surface area contributed by atoms with Crippen molar-refractivity contribution in [2.75, 3.05) is 36.6 Å². The third-order valence-corrected chi connectivity index (χ3v) is 4.66. The summed E-state index contributed by atoms with van der Waals surface area (Å²) < 4.78 is 11.2. The third-order valence-electron chi connectivity index (χ3n) is 4.47. The molecule has 160 valence electrons. The zero-order chi connectivity index (χ0) is 21.5. The molecule has 4 rings (SSSR count). The van der Waals surface area contributed by atoms with Crippen LogP contribution in [0.4, 0.5) is 11.6 Å². The first kappa shape index (κ1) is 21.0. The highest BCUT2D eigenvalue weighted by molar-refractivity contribution is 6.30. The number of nitrogens with one attached hydrogen (secondary N) is 1. The van der Waals surface area contributed by atoms with Crippen LogP contribution < -0.4 is 15.1 Å². The Morgan fingerprint density at radius 2 is 2.00 bits per heavy atom. The number of aryl methyl sites for hydroxylation is 1. The molecular weight excluding hydrogens is 418 g/mol. The van der Waals surface area contributed by atoms with E-state index in [0.717, 1.165) is 24.5 Å². The van der Waals surface area contributed by atoms with Crippen molar-refractivity contribution in [3.63, 3.8) is 0 Å². The number of hydrogen-bond acceptors (Lipinski definition) is 9. The van der Waals surface area contributed by atoms with Gasteiger partial charge in [-0.25, -0.2) is 9.97 Å². The van der Waals surface area contributed by atoms with Crippen LogP contribution in [0.25, 0.3) is 0 Å². The van der Waals surface area contributed by atoms with Gasteiger partial charge < -0.3 is 14.4 Å². The van der Waals surface area contributed by atoms with Gasteiger partial charge in [-0.2, -0.15) is 15.1 Å². The molecule has 0 unspecified atom stereocenters. The third kappa shape index (κ3) is 6.09. The number of anilines is 2. The lowest BCUT2D eigenvalue weighted by Crippen LogP contribution is -2.36. The molecule has 9 nitrogen and oxygen atoms in total. The van der Waals surface area contributed by atoms with E-state index in [-0.39, 0.29) is 12.6 Å². The second-order valence-corrected chi connectivity index (χ2v) is 7.32. The fraction of sp³-hybridized carbons (Fsp3) is 0.286. The van der Waals surface area contributed by atoms with Crippen molar-refractivity contribution in [1.82, 2.24) is 19.9 Å². The van der Waals surface area contributed by atoms with Crippen LogP contribution in [0, 0.1) is 6.92 Å². The van der Waals surface area contributed by atoms with E-state index in [4.69, 9.17) is 21.1 Å². The van der Waals surface area contributed by atoms with Gasteiger partial charge in [0, 0.05) is 31.5 Å². The molecule has 1 aliphatic heterocycles. The molecule has 2 aromatic heterocycles. The Hall–Kier alpha value is -3.30. The Balaban J connectivity index is 1.51. The largest absolute Gasteiger partial charge is 0.455 e. The molecule has 0 amide bonds. The van der Waals surface area contributed by atoms with Gasteiger partial charge in [0.1, 0.15) is 5.82 Å². The molecule has 3 aromatic rings. The molecule has 1 saturated heterocycles. The van der Waals surface area contributed by atoms with Crippen molar-refractivity contribution >= 4 is 29.5 Å². The Bertz CT molecular complexity index is 1040. The molecule has 10 heteroatoms. The Kier molecular flexibility index (Phi) is 6.85. The molecule has 1 fully saturated rings. The minimum atomic E-state index is 0.121.